The summed E-state index contributed by atoms with van der Waals surface area (Å²) < 4.78 is 37.0. The lowest BCUT2D eigenvalue weighted by Gasteiger charge is -2.12. The van der Waals surface area contributed by atoms with Gasteiger partial charge in [-0.2, -0.15) is 0 Å². The number of aromatic nitrogens is 1. The molecule has 5 nitrogen and oxygen atoms in total. The van der Waals surface area contributed by atoms with Crippen molar-refractivity contribution in [2.75, 3.05) is 19.5 Å². The molecule has 0 fully saturated rings. The van der Waals surface area contributed by atoms with Crippen molar-refractivity contribution in [1.82, 2.24) is 4.98 Å². The highest BCUT2D eigenvalue weighted by molar-refractivity contribution is 6.05. The third kappa shape index (κ3) is 3.07. The molecule has 0 atom stereocenters. The van der Waals surface area contributed by atoms with Gasteiger partial charge in [-0.15, -0.1) is 0 Å². The highest BCUT2D eigenvalue weighted by atomic mass is 19.1. The number of hydrogen-bond acceptors (Lipinski definition) is 4. The van der Waals surface area contributed by atoms with Crippen molar-refractivity contribution in [2.45, 2.75) is 0 Å². The molecule has 0 saturated carbocycles. The number of nitrogens with one attached hydrogen (secondary N) is 1. The maximum Gasteiger partial charge on any atom is 0.258 e. The Hall–Kier alpha value is -2.70. The molecule has 0 aliphatic heterocycles. The van der Waals surface area contributed by atoms with E-state index in [4.69, 9.17) is 9.47 Å². The number of hydrogen-bond donors (Lipinski definition) is 1. The fourth-order valence-corrected chi connectivity index (χ4v) is 1.71. The fraction of sp³-hybridized carbons (Fsp3) is 0.143. The van der Waals surface area contributed by atoms with E-state index in [1.807, 2.05) is 0 Å². The predicted molar refractivity (Wildman–Crippen MR) is 71.7 cm³/mol. The van der Waals surface area contributed by atoms with Gasteiger partial charge in [-0.3, -0.25) is 9.78 Å². The standard InChI is InChI=1S/C14H12F2N2O3/c1-20-12-6-13(21-2)11(5-9(12)15)18-14(19)8-3-4-17-7-10(8)16/h3-7H,1-2H3,(H,18,19). The van der Waals surface area contributed by atoms with Gasteiger partial charge in [-0.05, 0) is 6.07 Å². The van der Waals surface area contributed by atoms with Crippen LogP contribution in [0.2, 0.25) is 0 Å². The first-order chi connectivity index (χ1) is 10.1. The van der Waals surface area contributed by atoms with Crippen molar-refractivity contribution in [3.05, 3.63) is 47.8 Å². The van der Waals surface area contributed by atoms with E-state index in [-0.39, 0.29) is 22.7 Å². The number of nitrogens with zero attached hydrogens (tertiary/aromatic N) is 1. The summed E-state index contributed by atoms with van der Waals surface area (Å²) >= 11 is 0. The summed E-state index contributed by atoms with van der Waals surface area (Å²) in [5, 5.41) is 2.38. The highest BCUT2D eigenvalue weighted by Crippen LogP contribution is 2.32. The second-order valence-electron chi connectivity index (χ2n) is 4.00. The zero-order valence-corrected chi connectivity index (χ0v) is 11.3. The van der Waals surface area contributed by atoms with Crippen LogP contribution in [0.4, 0.5) is 14.5 Å². The molecule has 2 rings (SSSR count). The minimum atomic E-state index is -0.775. The van der Waals surface area contributed by atoms with E-state index in [0.29, 0.717) is 0 Å². The van der Waals surface area contributed by atoms with Gasteiger partial charge in [0.25, 0.3) is 5.91 Å². The van der Waals surface area contributed by atoms with E-state index >= 15 is 0 Å². The Labute approximate surface area is 119 Å². The molecule has 0 aliphatic rings. The Kier molecular flexibility index (Phi) is 4.32. The molecule has 0 saturated heterocycles. The van der Waals surface area contributed by atoms with E-state index in [0.717, 1.165) is 12.3 Å². The average molecular weight is 294 g/mol. The lowest BCUT2D eigenvalue weighted by Crippen LogP contribution is -2.15. The Morgan fingerprint density at radius 2 is 1.86 bits per heavy atom. The molecule has 0 radical (unpaired) electrons. The van der Waals surface area contributed by atoms with Gasteiger partial charge >= 0.3 is 0 Å². The number of carbonyl (C=O) groups excluding carboxylic acids is 1. The van der Waals surface area contributed by atoms with E-state index < -0.39 is 17.5 Å². The van der Waals surface area contributed by atoms with Crippen molar-refractivity contribution in [3.8, 4) is 11.5 Å². The number of pyridine rings is 1. The van der Waals surface area contributed by atoms with Crippen LogP contribution in [-0.4, -0.2) is 25.1 Å². The molecule has 0 spiro atoms. The van der Waals surface area contributed by atoms with Crippen LogP contribution in [0.1, 0.15) is 10.4 Å². The molecule has 2 aromatic rings. The third-order valence-corrected chi connectivity index (χ3v) is 2.74. The molecule has 21 heavy (non-hydrogen) atoms. The van der Waals surface area contributed by atoms with Gasteiger partial charge in [0, 0.05) is 18.3 Å². The fourth-order valence-electron chi connectivity index (χ4n) is 1.71. The molecular formula is C14H12F2N2O3. The van der Waals surface area contributed by atoms with Gasteiger partial charge in [0.15, 0.2) is 17.4 Å². The summed E-state index contributed by atoms with van der Waals surface area (Å²) in [6, 6.07) is 3.54. The Bertz CT molecular complexity index is 677. The van der Waals surface area contributed by atoms with Gasteiger partial charge in [0.05, 0.1) is 31.7 Å². The summed E-state index contributed by atoms with van der Waals surface area (Å²) in [6.07, 6.45) is 2.20. The number of rotatable bonds is 4. The van der Waals surface area contributed by atoms with Gasteiger partial charge in [0.2, 0.25) is 0 Å². The van der Waals surface area contributed by atoms with Crippen LogP contribution in [0.3, 0.4) is 0 Å². The van der Waals surface area contributed by atoms with Crippen LogP contribution in [0.15, 0.2) is 30.6 Å². The summed E-state index contributed by atoms with van der Waals surface area (Å²) in [6.45, 7) is 0. The SMILES string of the molecule is COc1cc(OC)c(NC(=O)c2ccncc2F)cc1F. The van der Waals surface area contributed by atoms with Gasteiger partial charge in [-0.1, -0.05) is 0 Å². The Morgan fingerprint density at radius 1 is 1.14 bits per heavy atom. The summed E-state index contributed by atoms with van der Waals surface area (Å²) in [5.74, 6) is -2.03. The van der Waals surface area contributed by atoms with Crippen LogP contribution in [0.5, 0.6) is 11.5 Å². The lowest BCUT2D eigenvalue weighted by molar-refractivity contribution is 0.102. The second-order valence-corrected chi connectivity index (χ2v) is 4.00. The third-order valence-electron chi connectivity index (χ3n) is 2.74. The number of ether oxygens (including phenoxy) is 2. The first-order valence-corrected chi connectivity index (χ1v) is 5.89. The maximum absolute atomic E-state index is 13.7. The zero-order valence-electron chi connectivity index (χ0n) is 11.3. The topological polar surface area (TPSA) is 60.5 Å². The molecule has 0 bridgehead atoms. The minimum Gasteiger partial charge on any atom is -0.494 e. The molecule has 1 aromatic heterocycles. The Balaban J connectivity index is 2.33. The second kappa shape index (κ2) is 6.17. The molecular weight excluding hydrogens is 282 g/mol. The molecule has 0 aliphatic carbocycles. The van der Waals surface area contributed by atoms with Crippen LogP contribution >= 0.6 is 0 Å². The monoisotopic (exact) mass is 294 g/mol. The average Bonchev–Trinajstić information content (AvgIpc) is 2.48. The molecule has 110 valence electrons. The van der Waals surface area contributed by atoms with Crippen molar-refractivity contribution in [1.29, 1.82) is 0 Å². The largest absolute Gasteiger partial charge is 0.494 e. The van der Waals surface area contributed by atoms with E-state index in [9.17, 15) is 13.6 Å². The molecule has 1 heterocycles. The highest BCUT2D eigenvalue weighted by Gasteiger charge is 2.16. The van der Waals surface area contributed by atoms with Crippen molar-refractivity contribution >= 4 is 11.6 Å². The van der Waals surface area contributed by atoms with Crippen LogP contribution in [-0.2, 0) is 0 Å². The predicted octanol–water partition coefficient (Wildman–Crippen LogP) is 2.63. The van der Waals surface area contributed by atoms with Gasteiger partial charge in [-0.25, -0.2) is 8.78 Å². The molecule has 0 unspecified atom stereocenters. The quantitative estimate of drug-likeness (QED) is 0.941. The first-order valence-electron chi connectivity index (χ1n) is 5.89. The molecule has 1 aromatic carbocycles. The van der Waals surface area contributed by atoms with E-state index in [1.54, 1.807) is 0 Å². The smallest absolute Gasteiger partial charge is 0.258 e. The van der Waals surface area contributed by atoms with Crippen LogP contribution in [0.25, 0.3) is 0 Å². The van der Waals surface area contributed by atoms with Crippen molar-refractivity contribution < 1.29 is 23.0 Å². The first kappa shape index (κ1) is 14.7. The Morgan fingerprint density at radius 3 is 2.48 bits per heavy atom. The zero-order chi connectivity index (χ0) is 15.4. The number of anilines is 1. The van der Waals surface area contributed by atoms with E-state index in [2.05, 4.69) is 10.3 Å². The van der Waals surface area contributed by atoms with Crippen molar-refractivity contribution in [2.24, 2.45) is 0 Å². The van der Waals surface area contributed by atoms with Crippen molar-refractivity contribution in [3.63, 3.8) is 0 Å². The van der Waals surface area contributed by atoms with Gasteiger partial charge < -0.3 is 14.8 Å². The number of methoxy groups -OCH3 is 2. The van der Waals surface area contributed by atoms with Crippen LogP contribution in [0, 0.1) is 11.6 Å². The van der Waals surface area contributed by atoms with E-state index in [1.165, 1.54) is 32.5 Å². The summed E-state index contributed by atoms with van der Waals surface area (Å²) in [7, 11) is 2.66. The minimum absolute atomic E-state index is 0.0278. The number of amides is 1. The molecule has 1 amide bonds. The van der Waals surface area contributed by atoms with Crippen LogP contribution < -0.4 is 14.8 Å². The number of carbonyl (C=O) groups is 1. The number of benzene rings is 1. The maximum atomic E-state index is 13.7. The lowest BCUT2D eigenvalue weighted by atomic mass is 10.2. The summed E-state index contributed by atoms with van der Waals surface area (Å²) in [4.78, 5) is 15.5. The summed E-state index contributed by atoms with van der Waals surface area (Å²) in [5.41, 5.74) is -0.139. The molecule has 1 N–H and O–H groups in total. The number of halogens is 2. The molecule has 7 heteroatoms. The van der Waals surface area contributed by atoms with Gasteiger partial charge in [0.1, 0.15) is 5.75 Å². The normalized spacial score (nSPS) is 10.1.